The first-order chi connectivity index (χ1) is 16.3. The predicted octanol–water partition coefficient (Wildman–Crippen LogP) is 0.633. The Labute approximate surface area is 201 Å². The number of anilines is 1. The molecular formula is C25H35N7O2. The van der Waals surface area contributed by atoms with Crippen molar-refractivity contribution in [1.82, 2.24) is 20.9 Å². The lowest BCUT2D eigenvalue weighted by Gasteiger charge is -2.35. The Kier molecular flexibility index (Phi) is 9.00. The van der Waals surface area contributed by atoms with E-state index in [4.69, 9.17) is 11.1 Å². The smallest absolute Gasteiger partial charge is 0.242 e. The monoisotopic (exact) mass is 465 g/mol. The fourth-order valence-electron chi connectivity index (χ4n) is 3.83. The van der Waals surface area contributed by atoms with Crippen LogP contribution in [0, 0.1) is 5.41 Å². The number of benzene rings is 2. The molecule has 34 heavy (non-hydrogen) atoms. The molecule has 1 heterocycles. The van der Waals surface area contributed by atoms with Gasteiger partial charge in [-0.05, 0) is 31.2 Å². The Bertz CT molecular complexity index is 985. The van der Waals surface area contributed by atoms with E-state index in [0.29, 0.717) is 18.7 Å². The number of nitrogen functional groups attached to an aromatic ring is 1. The van der Waals surface area contributed by atoms with Crippen LogP contribution in [-0.4, -0.2) is 68.4 Å². The van der Waals surface area contributed by atoms with Crippen LogP contribution < -0.4 is 26.6 Å². The molecule has 2 aromatic rings. The second-order valence-corrected chi connectivity index (χ2v) is 8.64. The van der Waals surface area contributed by atoms with Crippen LogP contribution in [0.25, 0.3) is 0 Å². The van der Waals surface area contributed by atoms with Crippen LogP contribution in [0.2, 0.25) is 0 Å². The summed E-state index contributed by atoms with van der Waals surface area (Å²) in [6, 6.07) is 14.7. The fraction of sp³-hybridized carbons (Fsp3) is 0.400. The largest absolute Gasteiger partial charge is 0.384 e. The number of carbonyl (C=O) groups excluding carboxylic acids is 2. The second-order valence-electron chi connectivity index (χ2n) is 8.64. The standard InChI is InChI=1S/C25H35N7O2/c1-18(25(34)29-15-19-7-9-20(10-8-19)24(26)27)30-23(33)17-28-16-21-5-3-4-6-22(21)32-13-11-31(2)12-14-32/h3-10,18,28H,11-17H2,1-2H3,(H3,26,27)(H,29,34)(H,30,33). The topological polar surface area (TPSA) is 127 Å². The van der Waals surface area contributed by atoms with E-state index >= 15 is 0 Å². The minimum absolute atomic E-state index is 0.00310. The first-order valence-electron chi connectivity index (χ1n) is 11.6. The molecule has 1 fully saturated rings. The SMILES string of the molecule is CC(NC(=O)CNCc1ccccc1N1CCN(C)CC1)C(=O)NCc1ccc(C(=N)N)cc1. The Morgan fingerprint density at radius 1 is 1.03 bits per heavy atom. The molecule has 0 radical (unpaired) electrons. The molecule has 1 saturated heterocycles. The molecule has 0 spiro atoms. The number of carbonyl (C=O) groups is 2. The summed E-state index contributed by atoms with van der Waals surface area (Å²) in [7, 11) is 2.14. The third-order valence-electron chi connectivity index (χ3n) is 5.94. The summed E-state index contributed by atoms with van der Waals surface area (Å²) in [6.07, 6.45) is 0. The molecule has 3 rings (SSSR count). The van der Waals surface area contributed by atoms with Gasteiger partial charge in [-0.3, -0.25) is 15.0 Å². The van der Waals surface area contributed by atoms with E-state index in [1.165, 1.54) is 5.69 Å². The van der Waals surface area contributed by atoms with Crippen LogP contribution in [0.15, 0.2) is 48.5 Å². The molecule has 2 amide bonds. The van der Waals surface area contributed by atoms with Crippen LogP contribution in [0.3, 0.4) is 0 Å². The van der Waals surface area contributed by atoms with E-state index in [2.05, 4.69) is 44.9 Å². The number of nitrogens with one attached hydrogen (secondary N) is 4. The van der Waals surface area contributed by atoms with Gasteiger partial charge in [0.05, 0.1) is 6.54 Å². The molecule has 9 nitrogen and oxygen atoms in total. The normalized spacial score (nSPS) is 14.9. The number of hydrogen-bond donors (Lipinski definition) is 5. The van der Waals surface area contributed by atoms with E-state index in [9.17, 15) is 9.59 Å². The highest BCUT2D eigenvalue weighted by molar-refractivity contribution is 5.94. The van der Waals surface area contributed by atoms with Gasteiger partial charge in [-0.25, -0.2) is 0 Å². The van der Waals surface area contributed by atoms with E-state index in [1.807, 2.05) is 24.3 Å². The summed E-state index contributed by atoms with van der Waals surface area (Å²) in [6.45, 7) is 6.74. The average molecular weight is 466 g/mol. The van der Waals surface area contributed by atoms with Crippen LogP contribution in [0.4, 0.5) is 5.69 Å². The highest BCUT2D eigenvalue weighted by Crippen LogP contribution is 2.21. The van der Waals surface area contributed by atoms with E-state index in [-0.39, 0.29) is 24.2 Å². The maximum Gasteiger partial charge on any atom is 0.242 e. The lowest BCUT2D eigenvalue weighted by Crippen LogP contribution is -2.47. The molecule has 1 atom stereocenters. The molecule has 9 heteroatoms. The van der Waals surface area contributed by atoms with Gasteiger partial charge in [0, 0.05) is 50.5 Å². The van der Waals surface area contributed by atoms with Gasteiger partial charge in [-0.15, -0.1) is 0 Å². The third kappa shape index (κ3) is 7.29. The quantitative estimate of drug-likeness (QED) is 0.259. The summed E-state index contributed by atoms with van der Waals surface area (Å²) < 4.78 is 0. The summed E-state index contributed by atoms with van der Waals surface area (Å²) >= 11 is 0. The number of nitrogens with two attached hydrogens (primary N) is 1. The number of piperazine rings is 1. The first kappa shape index (κ1) is 25.2. The van der Waals surface area contributed by atoms with Crippen molar-refractivity contribution in [1.29, 1.82) is 5.41 Å². The van der Waals surface area contributed by atoms with Crippen molar-refractivity contribution in [3.8, 4) is 0 Å². The van der Waals surface area contributed by atoms with Gasteiger partial charge in [0.1, 0.15) is 11.9 Å². The highest BCUT2D eigenvalue weighted by atomic mass is 16.2. The number of nitrogens with zero attached hydrogens (tertiary/aromatic N) is 2. The van der Waals surface area contributed by atoms with Crippen LogP contribution in [0.1, 0.15) is 23.6 Å². The Morgan fingerprint density at radius 3 is 2.38 bits per heavy atom. The van der Waals surface area contributed by atoms with Crippen molar-refractivity contribution in [2.75, 3.05) is 44.7 Å². The van der Waals surface area contributed by atoms with Gasteiger partial charge in [0.2, 0.25) is 11.8 Å². The summed E-state index contributed by atoms with van der Waals surface area (Å²) in [5, 5.41) is 16.2. The van der Waals surface area contributed by atoms with Crippen LogP contribution >= 0.6 is 0 Å². The number of likely N-dealkylation sites (N-methyl/N-ethyl adjacent to an activating group) is 1. The van der Waals surface area contributed by atoms with Gasteiger partial charge < -0.3 is 31.5 Å². The maximum atomic E-state index is 12.4. The van der Waals surface area contributed by atoms with Gasteiger partial charge in [0.25, 0.3) is 0 Å². The van der Waals surface area contributed by atoms with Crippen molar-refractivity contribution >= 4 is 23.3 Å². The molecule has 2 aromatic carbocycles. The molecule has 0 aromatic heterocycles. The summed E-state index contributed by atoms with van der Waals surface area (Å²) in [4.78, 5) is 29.4. The molecule has 182 valence electrons. The number of hydrogen-bond acceptors (Lipinski definition) is 6. The van der Waals surface area contributed by atoms with Crippen molar-refractivity contribution in [2.24, 2.45) is 5.73 Å². The van der Waals surface area contributed by atoms with Crippen molar-refractivity contribution in [2.45, 2.75) is 26.1 Å². The van der Waals surface area contributed by atoms with E-state index in [0.717, 1.165) is 37.3 Å². The van der Waals surface area contributed by atoms with Crippen LogP contribution in [-0.2, 0) is 22.7 Å². The zero-order valence-corrected chi connectivity index (χ0v) is 19.9. The number of amides is 2. The average Bonchev–Trinajstić information content (AvgIpc) is 2.83. The molecule has 6 N–H and O–H groups in total. The molecule has 1 aliphatic rings. The summed E-state index contributed by atoms with van der Waals surface area (Å²) in [5.41, 5.74) is 9.33. The third-order valence-corrected chi connectivity index (χ3v) is 5.94. The van der Waals surface area contributed by atoms with Gasteiger partial charge in [-0.2, -0.15) is 0 Å². The molecule has 0 bridgehead atoms. The first-order valence-corrected chi connectivity index (χ1v) is 11.6. The Hall–Kier alpha value is -3.43. The van der Waals surface area contributed by atoms with Gasteiger partial charge >= 0.3 is 0 Å². The molecule has 0 aliphatic carbocycles. The lowest BCUT2D eigenvalue weighted by molar-refractivity contribution is -0.128. The minimum Gasteiger partial charge on any atom is -0.384 e. The van der Waals surface area contributed by atoms with Gasteiger partial charge in [-0.1, -0.05) is 42.5 Å². The van der Waals surface area contributed by atoms with Crippen molar-refractivity contribution in [3.05, 3.63) is 65.2 Å². The number of para-hydroxylation sites is 1. The van der Waals surface area contributed by atoms with Crippen molar-refractivity contribution in [3.63, 3.8) is 0 Å². The lowest BCUT2D eigenvalue weighted by atomic mass is 10.1. The summed E-state index contributed by atoms with van der Waals surface area (Å²) in [5.74, 6) is -0.488. The zero-order chi connectivity index (χ0) is 24.5. The van der Waals surface area contributed by atoms with Crippen LogP contribution in [0.5, 0.6) is 0 Å². The van der Waals surface area contributed by atoms with Crippen molar-refractivity contribution < 1.29 is 9.59 Å². The number of amidine groups is 1. The fourth-order valence-corrected chi connectivity index (χ4v) is 3.83. The maximum absolute atomic E-state index is 12.4. The van der Waals surface area contributed by atoms with E-state index in [1.54, 1.807) is 19.1 Å². The molecule has 0 saturated carbocycles. The van der Waals surface area contributed by atoms with E-state index < -0.39 is 6.04 Å². The molecular weight excluding hydrogens is 430 g/mol. The number of rotatable bonds is 10. The zero-order valence-electron chi connectivity index (χ0n) is 19.9. The Balaban J connectivity index is 1.41. The highest BCUT2D eigenvalue weighted by Gasteiger charge is 2.18. The van der Waals surface area contributed by atoms with Gasteiger partial charge in [0.15, 0.2) is 0 Å². The second kappa shape index (κ2) is 12.2. The molecule has 1 aliphatic heterocycles. The minimum atomic E-state index is -0.650. The predicted molar refractivity (Wildman–Crippen MR) is 135 cm³/mol. The Morgan fingerprint density at radius 2 is 1.71 bits per heavy atom. The molecule has 1 unspecified atom stereocenters.